The molecule has 0 aliphatic carbocycles. The number of hydrogen-bond donors (Lipinski definition) is 0. The number of carbonyl (C=O) groups excluding carboxylic acids is 1. The molecular weight excluding hydrogens is 116 g/mol. The van der Waals surface area contributed by atoms with E-state index in [2.05, 4.69) is 0 Å². The summed E-state index contributed by atoms with van der Waals surface area (Å²) in [5.74, 6) is 0.824. The van der Waals surface area contributed by atoms with Gasteiger partial charge in [-0.05, 0) is 19.9 Å². The maximum absolute atomic E-state index is 9.81. The molecule has 0 heterocycles. The van der Waals surface area contributed by atoms with Gasteiger partial charge in [-0.2, -0.15) is 0 Å². The highest BCUT2D eigenvalue weighted by Gasteiger charge is 1.83. The van der Waals surface area contributed by atoms with Crippen LogP contribution in [-0.4, -0.2) is 12.9 Å². The van der Waals surface area contributed by atoms with Crippen LogP contribution in [0.3, 0.4) is 0 Å². The van der Waals surface area contributed by atoms with Gasteiger partial charge >= 0.3 is 0 Å². The molecule has 0 aromatic carbocycles. The van der Waals surface area contributed by atoms with Crippen LogP contribution in [0.2, 0.25) is 0 Å². The van der Waals surface area contributed by atoms with Gasteiger partial charge in [0.2, 0.25) is 0 Å². The van der Waals surface area contributed by atoms with E-state index in [1.807, 2.05) is 13.8 Å². The average Bonchev–Trinajstić information content (AvgIpc) is 1.85. The quantitative estimate of drug-likeness (QED) is 0.424. The number of aldehydes is 1. The highest BCUT2D eigenvalue weighted by Crippen LogP contribution is 1.94. The molecule has 0 fully saturated rings. The van der Waals surface area contributed by atoms with Crippen molar-refractivity contribution in [1.82, 2.24) is 0 Å². The number of ether oxygens (including phenoxy) is 1. The van der Waals surface area contributed by atoms with Crippen molar-refractivity contribution >= 4 is 6.29 Å². The molecule has 2 nitrogen and oxygen atoms in total. The monoisotopic (exact) mass is 128 g/mol. The van der Waals surface area contributed by atoms with Crippen LogP contribution in [-0.2, 0) is 9.53 Å². The Morgan fingerprint density at radius 3 is 2.78 bits per heavy atom. The zero-order valence-corrected chi connectivity index (χ0v) is 5.89. The lowest BCUT2D eigenvalue weighted by molar-refractivity contribution is -0.107. The van der Waals surface area contributed by atoms with Crippen molar-refractivity contribution in [3.8, 4) is 0 Å². The van der Waals surface area contributed by atoms with Crippen LogP contribution in [0.15, 0.2) is 11.8 Å². The van der Waals surface area contributed by atoms with E-state index in [1.54, 1.807) is 6.08 Å². The van der Waals surface area contributed by atoms with Crippen molar-refractivity contribution in [2.24, 2.45) is 0 Å². The van der Waals surface area contributed by atoms with E-state index in [-0.39, 0.29) is 0 Å². The molecule has 0 aromatic heterocycles. The summed E-state index contributed by atoms with van der Waals surface area (Å²) >= 11 is 0. The largest absolute Gasteiger partial charge is 0.499 e. The molecule has 9 heavy (non-hydrogen) atoms. The Balaban J connectivity index is 3.42. The van der Waals surface area contributed by atoms with E-state index >= 15 is 0 Å². The van der Waals surface area contributed by atoms with Gasteiger partial charge in [-0.1, -0.05) is 0 Å². The summed E-state index contributed by atoms with van der Waals surface area (Å²) in [6.07, 6.45) is 3.06. The van der Waals surface area contributed by atoms with E-state index in [0.717, 1.165) is 12.0 Å². The first-order valence-corrected chi connectivity index (χ1v) is 3.04. The summed E-state index contributed by atoms with van der Waals surface area (Å²) in [5, 5.41) is 0. The molecular formula is C7H12O2. The zero-order valence-electron chi connectivity index (χ0n) is 5.89. The zero-order chi connectivity index (χ0) is 7.11. The Bertz CT molecular complexity index is 105. The summed E-state index contributed by atoms with van der Waals surface area (Å²) in [7, 11) is 0. The maximum Gasteiger partial charge on any atom is 0.123 e. The van der Waals surface area contributed by atoms with Gasteiger partial charge < -0.3 is 9.53 Å². The summed E-state index contributed by atoms with van der Waals surface area (Å²) in [5.41, 5.74) is 0. The second-order valence-corrected chi connectivity index (χ2v) is 1.65. The molecule has 52 valence electrons. The normalized spacial score (nSPS) is 11.1. The fourth-order valence-electron chi connectivity index (χ4n) is 0.501. The molecule has 0 aliphatic heterocycles. The Kier molecular flexibility index (Phi) is 4.88. The van der Waals surface area contributed by atoms with Crippen LogP contribution in [0.25, 0.3) is 0 Å². The number of hydrogen-bond acceptors (Lipinski definition) is 2. The van der Waals surface area contributed by atoms with Crippen LogP contribution >= 0.6 is 0 Å². The number of allylic oxidation sites excluding steroid dienone is 2. The molecule has 0 radical (unpaired) electrons. The summed E-state index contributed by atoms with van der Waals surface area (Å²) in [4.78, 5) is 9.81. The van der Waals surface area contributed by atoms with E-state index in [0.29, 0.717) is 13.0 Å². The molecule has 0 bridgehead atoms. The van der Waals surface area contributed by atoms with Crippen LogP contribution < -0.4 is 0 Å². The van der Waals surface area contributed by atoms with Gasteiger partial charge in [0.25, 0.3) is 0 Å². The second kappa shape index (κ2) is 5.35. The first kappa shape index (κ1) is 8.21. The minimum atomic E-state index is 0.450. The topological polar surface area (TPSA) is 26.3 Å². The maximum atomic E-state index is 9.81. The van der Waals surface area contributed by atoms with Gasteiger partial charge in [-0.25, -0.2) is 0 Å². The Hall–Kier alpha value is -0.790. The van der Waals surface area contributed by atoms with Crippen LogP contribution in [0, 0.1) is 0 Å². The summed E-state index contributed by atoms with van der Waals surface area (Å²) in [6.45, 7) is 4.42. The van der Waals surface area contributed by atoms with Crippen molar-refractivity contribution in [1.29, 1.82) is 0 Å². The molecule has 0 N–H and O–H groups in total. The third-order valence-electron chi connectivity index (χ3n) is 0.874. The molecule has 0 saturated heterocycles. The lowest BCUT2D eigenvalue weighted by atomic mass is 10.4. The predicted molar refractivity (Wildman–Crippen MR) is 36.1 cm³/mol. The van der Waals surface area contributed by atoms with E-state index in [9.17, 15) is 4.79 Å². The van der Waals surface area contributed by atoms with E-state index in [1.165, 1.54) is 0 Å². The minimum Gasteiger partial charge on any atom is -0.499 e. The van der Waals surface area contributed by atoms with E-state index < -0.39 is 0 Å². The molecule has 2 heteroatoms. The predicted octanol–water partition coefficient (Wildman–Crippen LogP) is 1.52. The molecule has 0 aliphatic rings. The van der Waals surface area contributed by atoms with Crippen molar-refractivity contribution in [3.05, 3.63) is 11.8 Å². The molecule has 0 saturated carbocycles. The lowest BCUT2D eigenvalue weighted by Gasteiger charge is -1.99. The van der Waals surface area contributed by atoms with Crippen molar-refractivity contribution in [2.45, 2.75) is 20.3 Å². The lowest BCUT2D eigenvalue weighted by Crippen LogP contribution is -1.85. The Morgan fingerprint density at radius 2 is 2.33 bits per heavy atom. The molecule has 0 unspecified atom stereocenters. The van der Waals surface area contributed by atoms with Crippen molar-refractivity contribution in [3.63, 3.8) is 0 Å². The van der Waals surface area contributed by atoms with Gasteiger partial charge in [0.15, 0.2) is 0 Å². The smallest absolute Gasteiger partial charge is 0.123 e. The third-order valence-corrected chi connectivity index (χ3v) is 0.874. The van der Waals surface area contributed by atoms with Gasteiger partial charge in [0, 0.05) is 6.42 Å². The summed E-state index contributed by atoms with van der Waals surface area (Å²) in [6, 6.07) is 0. The first-order valence-electron chi connectivity index (χ1n) is 3.04. The standard InChI is InChI=1S/C7H12O2/c1-3-9-7(2)5-4-6-8/h5-6H,3-4H2,1-2H3/b7-5-. The number of rotatable bonds is 4. The number of carbonyl (C=O) groups is 1. The highest BCUT2D eigenvalue weighted by atomic mass is 16.5. The van der Waals surface area contributed by atoms with Crippen LogP contribution in [0.5, 0.6) is 0 Å². The van der Waals surface area contributed by atoms with Gasteiger partial charge in [0.1, 0.15) is 6.29 Å². The molecule has 0 spiro atoms. The van der Waals surface area contributed by atoms with Gasteiger partial charge in [-0.3, -0.25) is 0 Å². The van der Waals surface area contributed by atoms with Crippen molar-refractivity contribution in [2.75, 3.05) is 6.61 Å². The minimum absolute atomic E-state index is 0.450. The van der Waals surface area contributed by atoms with Crippen LogP contribution in [0.4, 0.5) is 0 Å². The highest BCUT2D eigenvalue weighted by molar-refractivity contribution is 5.51. The summed E-state index contributed by atoms with van der Waals surface area (Å²) < 4.78 is 5.05. The Morgan fingerprint density at radius 1 is 1.67 bits per heavy atom. The fourth-order valence-corrected chi connectivity index (χ4v) is 0.501. The molecule has 0 rings (SSSR count). The second-order valence-electron chi connectivity index (χ2n) is 1.65. The third kappa shape index (κ3) is 5.07. The van der Waals surface area contributed by atoms with Crippen LogP contribution in [0.1, 0.15) is 20.3 Å². The molecule has 0 aromatic rings. The Labute approximate surface area is 55.5 Å². The molecule has 0 amide bonds. The van der Waals surface area contributed by atoms with Gasteiger partial charge in [-0.15, -0.1) is 0 Å². The fraction of sp³-hybridized carbons (Fsp3) is 0.571. The first-order chi connectivity index (χ1) is 4.31. The van der Waals surface area contributed by atoms with Crippen molar-refractivity contribution < 1.29 is 9.53 Å². The SMILES string of the molecule is CCO/C(C)=C\CC=O. The average molecular weight is 128 g/mol. The molecule has 0 atom stereocenters. The van der Waals surface area contributed by atoms with Gasteiger partial charge in [0.05, 0.1) is 12.4 Å². The van der Waals surface area contributed by atoms with E-state index in [4.69, 9.17) is 4.74 Å².